The Morgan fingerprint density at radius 2 is 2.29 bits per heavy atom. The molecule has 4 heteroatoms. The molecule has 0 aliphatic carbocycles. The number of amides is 1. The molecule has 0 saturated carbocycles. The van der Waals surface area contributed by atoms with Gasteiger partial charge in [0.1, 0.15) is 0 Å². The zero-order valence-corrected chi connectivity index (χ0v) is 11.1. The second kappa shape index (κ2) is 7.67. The summed E-state index contributed by atoms with van der Waals surface area (Å²) in [5.41, 5.74) is 5.69. The molecule has 1 fully saturated rings. The topological polar surface area (TPSA) is 64.4 Å². The van der Waals surface area contributed by atoms with Gasteiger partial charge >= 0.3 is 0 Å². The van der Waals surface area contributed by atoms with Crippen molar-refractivity contribution < 1.29 is 9.53 Å². The predicted octanol–water partition coefficient (Wildman–Crippen LogP) is 1.15. The van der Waals surface area contributed by atoms with E-state index >= 15 is 0 Å². The molecule has 0 aromatic rings. The highest BCUT2D eigenvalue weighted by atomic mass is 16.5. The van der Waals surface area contributed by atoms with E-state index in [-0.39, 0.29) is 5.91 Å². The zero-order chi connectivity index (χ0) is 12.7. The maximum absolute atomic E-state index is 11.7. The molecule has 3 N–H and O–H groups in total. The van der Waals surface area contributed by atoms with E-state index in [1.165, 1.54) is 0 Å². The zero-order valence-electron chi connectivity index (χ0n) is 11.1. The Bertz CT molecular complexity index is 225. The normalized spacial score (nSPS) is 21.8. The van der Waals surface area contributed by atoms with Crippen LogP contribution in [0.5, 0.6) is 0 Å². The predicted molar refractivity (Wildman–Crippen MR) is 68.6 cm³/mol. The number of nitrogens with two attached hydrogens (primary N) is 1. The van der Waals surface area contributed by atoms with Crippen LogP contribution in [0, 0.1) is 17.8 Å². The first-order valence-corrected chi connectivity index (χ1v) is 6.66. The van der Waals surface area contributed by atoms with E-state index in [1.807, 2.05) is 0 Å². The van der Waals surface area contributed by atoms with Gasteiger partial charge in [-0.25, -0.2) is 0 Å². The number of carbonyl (C=O) groups is 1. The second-order valence-corrected chi connectivity index (χ2v) is 5.47. The molecule has 1 rings (SSSR count). The molecule has 0 aromatic carbocycles. The molecular weight excluding hydrogens is 216 g/mol. The number of hydrogen-bond acceptors (Lipinski definition) is 3. The molecule has 0 aromatic heterocycles. The fraction of sp³-hybridized carbons (Fsp3) is 0.923. The molecule has 0 spiro atoms. The van der Waals surface area contributed by atoms with Crippen molar-refractivity contribution in [2.45, 2.75) is 33.1 Å². The summed E-state index contributed by atoms with van der Waals surface area (Å²) in [6, 6.07) is 0. The summed E-state index contributed by atoms with van der Waals surface area (Å²) >= 11 is 0. The third-order valence-electron chi connectivity index (χ3n) is 3.22. The van der Waals surface area contributed by atoms with Crippen molar-refractivity contribution in [3.05, 3.63) is 0 Å². The van der Waals surface area contributed by atoms with E-state index in [0.717, 1.165) is 32.6 Å². The van der Waals surface area contributed by atoms with Gasteiger partial charge in [-0.05, 0) is 31.2 Å². The Balaban J connectivity index is 2.17. The molecule has 4 nitrogen and oxygen atoms in total. The second-order valence-electron chi connectivity index (χ2n) is 5.47. The van der Waals surface area contributed by atoms with Gasteiger partial charge in [-0.1, -0.05) is 13.8 Å². The van der Waals surface area contributed by atoms with Crippen LogP contribution in [0.25, 0.3) is 0 Å². The van der Waals surface area contributed by atoms with Crippen molar-refractivity contribution in [3.63, 3.8) is 0 Å². The van der Waals surface area contributed by atoms with Gasteiger partial charge in [-0.3, -0.25) is 4.79 Å². The van der Waals surface area contributed by atoms with Gasteiger partial charge in [0.15, 0.2) is 0 Å². The summed E-state index contributed by atoms with van der Waals surface area (Å²) in [5, 5.41) is 2.99. The molecule has 1 unspecified atom stereocenters. The van der Waals surface area contributed by atoms with Gasteiger partial charge < -0.3 is 15.8 Å². The summed E-state index contributed by atoms with van der Waals surface area (Å²) in [6.45, 7) is 7.29. The number of nitrogens with one attached hydrogen (secondary N) is 1. The minimum Gasteiger partial charge on any atom is -0.381 e. The smallest absolute Gasteiger partial charge is 0.220 e. The van der Waals surface area contributed by atoms with Gasteiger partial charge in [-0.2, -0.15) is 0 Å². The summed E-state index contributed by atoms with van der Waals surface area (Å²) in [4.78, 5) is 11.7. The average molecular weight is 242 g/mol. The number of ether oxygens (including phenoxy) is 1. The highest BCUT2D eigenvalue weighted by Gasteiger charge is 2.18. The van der Waals surface area contributed by atoms with Crippen molar-refractivity contribution in [2.24, 2.45) is 23.5 Å². The molecule has 1 aliphatic rings. The molecule has 1 heterocycles. The average Bonchev–Trinajstić information content (AvgIpc) is 2.77. The van der Waals surface area contributed by atoms with Crippen molar-refractivity contribution in [1.82, 2.24) is 5.32 Å². The van der Waals surface area contributed by atoms with E-state index in [9.17, 15) is 4.79 Å². The van der Waals surface area contributed by atoms with E-state index in [1.54, 1.807) is 0 Å². The van der Waals surface area contributed by atoms with Crippen LogP contribution in [0.3, 0.4) is 0 Å². The van der Waals surface area contributed by atoms with Crippen LogP contribution in [0.4, 0.5) is 0 Å². The van der Waals surface area contributed by atoms with Gasteiger partial charge in [0.2, 0.25) is 5.91 Å². The van der Waals surface area contributed by atoms with E-state index in [2.05, 4.69) is 19.2 Å². The lowest BCUT2D eigenvalue weighted by atomic mass is 9.94. The molecule has 0 radical (unpaired) electrons. The van der Waals surface area contributed by atoms with E-state index in [4.69, 9.17) is 10.5 Å². The standard InChI is InChI=1S/C13H26N2O2/c1-10(2)5-12(7-14)6-13(16)15-8-11-3-4-17-9-11/h10-12H,3-9,14H2,1-2H3,(H,15,16)/t11?,12-/m0/s1. The molecule has 0 bridgehead atoms. The van der Waals surface area contributed by atoms with Gasteiger partial charge in [0.25, 0.3) is 0 Å². The van der Waals surface area contributed by atoms with E-state index in [0.29, 0.717) is 30.7 Å². The maximum atomic E-state index is 11.7. The lowest BCUT2D eigenvalue weighted by Gasteiger charge is -2.17. The fourth-order valence-corrected chi connectivity index (χ4v) is 2.27. The lowest BCUT2D eigenvalue weighted by molar-refractivity contribution is -0.122. The van der Waals surface area contributed by atoms with Crippen molar-refractivity contribution in [3.8, 4) is 0 Å². The van der Waals surface area contributed by atoms with Gasteiger partial charge in [0, 0.05) is 25.5 Å². The van der Waals surface area contributed by atoms with Crippen LogP contribution in [0.1, 0.15) is 33.1 Å². The Kier molecular flexibility index (Phi) is 6.52. The highest BCUT2D eigenvalue weighted by Crippen LogP contribution is 2.14. The SMILES string of the molecule is CC(C)C[C@H](CN)CC(=O)NCC1CCOC1. The minimum absolute atomic E-state index is 0.132. The summed E-state index contributed by atoms with van der Waals surface area (Å²) in [5.74, 6) is 1.54. The molecule has 1 amide bonds. The van der Waals surface area contributed by atoms with Crippen molar-refractivity contribution in [2.75, 3.05) is 26.3 Å². The van der Waals surface area contributed by atoms with Crippen LogP contribution in [0.15, 0.2) is 0 Å². The third-order valence-corrected chi connectivity index (χ3v) is 3.22. The van der Waals surface area contributed by atoms with Crippen LogP contribution in [-0.2, 0) is 9.53 Å². The Morgan fingerprint density at radius 3 is 2.82 bits per heavy atom. The molecule has 100 valence electrons. The van der Waals surface area contributed by atoms with Crippen molar-refractivity contribution in [1.29, 1.82) is 0 Å². The summed E-state index contributed by atoms with van der Waals surface area (Å²) < 4.78 is 5.27. The molecule has 17 heavy (non-hydrogen) atoms. The number of rotatable bonds is 7. The minimum atomic E-state index is 0.132. The molecular formula is C13H26N2O2. The van der Waals surface area contributed by atoms with Crippen molar-refractivity contribution >= 4 is 5.91 Å². The molecule has 1 aliphatic heterocycles. The van der Waals surface area contributed by atoms with Crippen LogP contribution in [-0.4, -0.2) is 32.2 Å². The first kappa shape index (κ1) is 14.5. The van der Waals surface area contributed by atoms with Gasteiger partial charge in [-0.15, -0.1) is 0 Å². The largest absolute Gasteiger partial charge is 0.381 e. The number of carbonyl (C=O) groups excluding carboxylic acids is 1. The highest BCUT2D eigenvalue weighted by molar-refractivity contribution is 5.76. The van der Waals surface area contributed by atoms with Gasteiger partial charge in [0.05, 0.1) is 6.61 Å². The van der Waals surface area contributed by atoms with Crippen LogP contribution in [0.2, 0.25) is 0 Å². The Labute approximate surface area is 104 Å². The fourth-order valence-electron chi connectivity index (χ4n) is 2.27. The third kappa shape index (κ3) is 6.03. The first-order chi connectivity index (χ1) is 8.11. The molecule has 2 atom stereocenters. The van der Waals surface area contributed by atoms with Crippen LogP contribution >= 0.6 is 0 Å². The first-order valence-electron chi connectivity index (χ1n) is 6.66. The summed E-state index contributed by atoms with van der Waals surface area (Å²) in [6.07, 6.45) is 2.64. The van der Waals surface area contributed by atoms with Crippen LogP contribution < -0.4 is 11.1 Å². The Hall–Kier alpha value is -0.610. The lowest BCUT2D eigenvalue weighted by Crippen LogP contribution is -2.32. The summed E-state index contributed by atoms with van der Waals surface area (Å²) in [7, 11) is 0. The molecule has 1 saturated heterocycles. The van der Waals surface area contributed by atoms with E-state index < -0.39 is 0 Å². The monoisotopic (exact) mass is 242 g/mol. The maximum Gasteiger partial charge on any atom is 0.220 e. The number of hydrogen-bond donors (Lipinski definition) is 2. The quantitative estimate of drug-likeness (QED) is 0.704. The Morgan fingerprint density at radius 1 is 1.53 bits per heavy atom.